The molecule has 0 bridgehead atoms. The summed E-state index contributed by atoms with van der Waals surface area (Å²) in [7, 11) is 0. The molecule has 1 aliphatic carbocycles. The molecule has 0 saturated carbocycles. The lowest BCUT2D eigenvalue weighted by molar-refractivity contribution is -0.121. The number of fused-ring (bicyclic) bond motifs is 1. The van der Waals surface area contributed by atoms with E-state index >= 15 is 0 Å². The number of nitrogens with one attached hydrogen (secondary N) is 1. The number of thiophene rings is 1. The predicted octanol–water partition coefficient (Wildman–Crippen LogP) is 2.55. The molecular weight excluding hydrogens is 310 g/mol. The molecule has 1 N–H and O–H groups in total. The van der Waals surface area contributed by atoms with Crippen LogP contribution in [0.1, 0.15) is 42.7 Å². The highest BCUT2D eigenvalue weighted by Crippen LogP contribution is 2.37. The van der Waals surface area contributed by atoms with E-state index in [0.29, 0.717) is 12.1 Å². The van der Waals surface area contributed by atoms with Gasteiger partial charge in [0.1, 0.15) is 11.1 Å². The van der Waals surface area contributed by atoms with Gasteiger partial charge in [-0.2, -0.15) is 5.26 Å². The molecule has 1 amide bonds. The first-order chi connectivity index (χ1) is 11.1. The van der Waals surface area contributed by atoms with Crippen LogP contribution in [-0.2, 0) is 22.4 Å². The standard InChI is InChI=1S/C17H23N3O2S/c1-11-8-20(9-12(2)22-11)10-16(21)19-17-14(7-18)13-5-3-4-6-15(13)23-17/h11-12H,3-6,8-10H2,1-2H3,(H,19,21)/t11-,12+. The van der Waals surface area contributed by atoms with E-state index < -0.39 is 0 Å². The third kappa shape index (κ3) is 3.74. The van der Waals surface area contributed by atoms with Crippen LogP contribution in [0.5, 0.6) is 0 Å². The zero-order chi connectivity index (χ0) is 16.4. The van der Waals surface area contributed by atoms with Crippen molar-refractivity contribution in [3.8, 4) is 6.07 Å². The predicted molar refractivity (Wildman–Crippen MR) is 90.8 cm³/mol. The lowest BCUT2D eigenvalue weighted by Crippen LogP contribution is -2.48. The van der Waals surface area contributed by atoms with Crippen molar-refractivity contribution in [2.24, 2.45) is 0 Å². The summed E-state index contributed by atoms with van der Waals surface area (Å²) in [6, 6.07) is 2.29. The number of amides is 1. The minimum Gasteiger partial charge on any atom is -0.373 e. The molecule has 124 valence electrons. The Labute approximate surface area is 141 Å². The molecule has 0 unspecified atom stereocenters. The van der Waals surface area contributed by atoms with E-state index in [9.17, 15) is 10.1 Å². The fraction of sp³-hybridized carbons (Fsp3) is 0.647. The van der Waals surface area contributed by atoms with E-state index in [1.165, 1.54) is 11.3 Å². The van der Waals surface area contributed by atoms with Crippen LogP contribution in [0, 0.1) is 11.3 Å². The van der Waals surface area contributed by atoms with Crippen molar-refractivity contribution in [1.29, 1.82) is 5.26 Å². The smallest absolute Gasteiger partial charge is 0.239 e. The van der Waals surface area contributed by atoms with Gasteiger partial charge in [0.2, 0.25) is 5.91 Å². The number of ether oxygens (including phenoxy) is 1. The fourth-order valence-corrected chi connectivity index (χ4v) is 4.81. The van der Waals surface area contributed by atoms with E-state index in [0.717, 1.165) is 42.9 Å². The first kappa shape index (κ1) is 16.4. The van der Waals surface area contributed by atoms with Crippen molar-refractivity contribution < 1.29 is 9.53 Å². The van der Waals surface area contributed by atoms with Crippen molar-refractivity contribution in [3.63, 3.8) is 0 Å². The second-order valence-electron chi connectivity index (χ2n) is 6.53. The van der Waals surface area contributed by atoms with E-state index in [1.54, 1.807) is 11.3 Å². The minimum absolute atomic E-state index is 0.0404. The van der Waals surface area contributed by atoms with Crippen LogP contribution in [0.3, 0.4) is 0 Å². The molecule has 2 atom stereocenters. The number of morpholine rings is 1. The van der Waals surface area contributed by atoms with E-state index in [4.69, 9.17) is 4.74 Å². The van der Waals surface area contributed by atoms with Crippen LogP contribution in [0.4, 0.5) is 5.00 Å². The molecule has 5 nitrogen and oxygen atoms in total. The van der Waals surface area contributed by atoms with Crippen molar-refractivity contribution in [2.75, 3.05) is 25.0 Å². The highest BCUT2D eigenvalue weighted by Gasteiger charge is 2.25. The molecule has 1 aromatic rings. The maximum atomic E-state index is 12.4. The summed E-state index contributed by atoms with van der Waals surface area (Å²) in [4.78, 5) is 15.8. The summed E-state index contributed by atoms with van der Waals surface area (Å²) in [5.41, 5.74) is 1.84. The second kappa shape index (κ2) is 7.00. The lowest BCUT2D eigenvalue weighted by Gasteiger charge is -2.34. The van der Waals surface area contributed by atoms with Gasteiger partial charge in [0.15, 0.2) is 0 Å². The molecule has 3 rings (SSSR count). The van der Waals surface area contributed by atoms with Crippen LogP contribution >= 0.6 is 11.3 Å². The quantitative estimate of drug-likeness (QED) is 0.923. The number of carbonyl (C=O) groups excluding carboxylic acids is 1. The van der Waals surface area contributed by atoms with Gasteiger partial charge in [-0.25, -0.2) is 0 Å². The van der Waals surface area contributed by atoms with Gasteiger partial charge < -0.3 is 10.1 Å². The Bertz CT molecular complexity index is 625. The highest BCUT2D eigenvalue weighted by molar-refractivity contribution is 7.16. The topological polar surface area (TPSA) is 65.4 Å². The first-order valence-corrected chi connectivity index (χ1v) is 9.10. The third-order valence-electron chi connectivity index (χ3n) is 4.40. The van der Waals surface area contributed by atoms with Crippen molar-refractivity contribution in [3.05, 3.63) is 16.0 Å². The summed E-state index contributed by atoms with van der Waals surface area (Å²) in [6.45, 7) is 5.95. The molecule has 1 saturated heterocycles. The number of hydrogen-bond acceptors (Lipinski definition) is 5. The van der Waals surface area contributed by atoms with Gasteiger partial charge in [-0.3, -0.25) is 9.69 Å². The highest BCUT2D eigenvalue weighted by atomic mass is 32.1. The van der Waals surface area contributed by atoms with Gasteiger partial charge in [-0.05, 0) is 45.1 Å². The average Bonchev–Trinajstić information content (AvgIpc) is 2.82. The number of anilines is 1. The summed E-state index contributed by atoms with van der Waals surface area (Å²) < 4.78 is 5.69. The van der Waals surface area contributed by atoms with Crippen LogP contribution in [0.25, 0.3) is 0 Å². The first-order valence-electron chi connectivity index (χ1n) is 8.29. The van der Waals surface area contributed by atoms with E-state index in [1.807, 2.05) is 13.8 Å². The largest absolute Gasteiger partial charge is 0.373 e. The van der Waals surface area contributed by atoms with Crippen LogP contribution in [-0.4, -0.2) is 42.6 Å². The van der Waals surface area contributed by atoms with Crippen LogP contribution in [0.2, 0.25) is 0 Å². The number of nitriles is 1. The van der Waals surface area contributed by atoms with Crippen molar-refractivity contribution >= 4 is 22.2 Å². The normalized spacial score (nSPS) is 24.7. The Balaban J connectivity index is 1.66. The molecule has 23 heavy (non-hydrogen) atoms. The summed E-state index contributed by atoms with van der Waals surface area (Å²) in [5, 5.41) is 13.2. The van der Waals surface area contributed by atoms with Crippen molar-refractivity contribution in [1.82, 2.24) is 4.90 Å². The Hall–Kier alpha value is -1.42. The Morgan fingerprint density at radius 3 is 2.74 bits per heavy atom. The molecule has 1 aliphatic heterocycles. The molecule has 1 aromatic heterocycles. The summed E-state index contributed by atoms with van der Waals surface area (Å²) in [5.74, 6) is -0.0404. The van der Waals surface area contributed by atoms with Crippen LogP contribution in [0.15, 0.2) is 0 Å². The molecule has 2 heterocycles. The fourth-order valence-electron chi connectivity index (χ4n) is 3.55. The van der Waals surface area contributed by atoms with E-state index in [2.05, 4.69) is 16.3 Å². The second-order valence-corrected chi connectivity index (χ2v) is 7.63. The van der Waals surface area contributed by atoms with E-state index in [-0.39, 0.29) is 18.1 Å². The van der Waals surface area contributed by atoms with Gasteiger partial charge in [-0.1, -0.05) is 0 Å². The third-order valence-corrected chi connectivity index (χ3v) is 5.61. The lowest BCUT2D eigenvalue weighted by atomic mass is 9.96. The monoisotopic (exact) mass is 333 g/mol. The summed E-state index contributed by atoms with van der Waals surface area (Å²) >= 11 is 1.58. The maximum absolute atomic E-state index is 12.4. The molecule has 6 heteroatoms. The van der Waals surface area contributed by atoms with Gasteiger partial charge >= 0.3 is 0 Å². The molecule has 1 fully saturated rings. The van der Waals surface area contributed by atoms with Crippen molar-refractivity contribution in [2.45, 2.75) is 51.7 Å². The minimum atomic E-state index is -0.0404. The Kier molecular flexibility index (Phi) is 5.00. The molecule has 0 radical (unpaired) electrons. The molecular formula is C17H23N3O2S. The molecule has 2 aliphatic rings. The SMILES string of the molecule is C[C@@H]1CN(CC(=O)Nc2sc3c(c2C#N)CCCC3)C[C@H](C)O1. The number of hydrogen-bond donors (Lipinski definition) is 1. The Morgan fingerprint density at radius 2 is 2.04 bits per heavy atom. The zero-order valence-electron chi connectivity index (χ0n) is 13.7. The molecule has 0 aromatic carbocycles. The summed E-state index contributed by atoms with van der Waals surface area (Å²) in [6.07, 6.45) is 4.60. The van der Waals surface area contributed by atoms with Gasteiger partial charge in [0, 0.05) is 18.0 Å². The van der Waals surface area contributed by atoms with Gasteiger partial charge in [-0.15, -0.1) is 11.3 Å². The Morgan fingerprint density at radius 1 is 1.35 bits per heavy atom. The van der Waals surface area contributed by atoms with Gasteiger partial charge in [0.05, 0.1) is 24.3 Å². The average molecular weight is 333 g/mol. The number of rotatable bonds is 3. The number of nitrogens with zero attached hydrogens (tertiary/aromatic N) is 2. The molecule has 0 spiro atoms. The number of carbonyl (C=O) groups is 1. The van der Waals surface area contributed by atoms with Crippen LogP contribution < -0.4 is 5.32 Å². The maximum Gasteiger partial charge on any atom is 0.239 e. The van der Waals surface area contributed by atoms with Gasteiger partial charge in [0.25, 0.3) is 0 Å². The number of aryl methyl sites for hydroxylation is 1. The zero-order valence-corrected chi connectivity index (χ0v) is 14.5.